The van der Waals surface area contributed by atoms with Gasteiger partial charge in [0.25, 0.3) is 0 Å². The van der Waals surface area contributed by atoms with Crippen molar-refractivity contribution in [2.45, 2.75) is 26.4 Å². The van der Waals surface area contributed by atoms with Crippen molar-refractivity contribution in [3.05, 3.63) is 45.4 Å². The molecule has 3 nitrogen and oxygen atoms in total. The van der Waals surface area contributed by atoms with Gasteiger partial charge < -0.3 is 4.90 Å². The standard InChI is InChI=1S/C16H20ClN3S/c1-12-4-3-5-14(8-12)20-7-6-19(10-13(20)2)11-15-9-18-16(17)21-15/h3-5,8-9,13H,6-7,10-11H2,1-2H3/t13-/m0/s1. The maximum absolute atomic E-state index is 5.91. The van der Waals surface area contributed by atoms with Crippen molar-refractivity contribution in [3.63, 3.8) is 0 Å². The molecule has 1 saturated heterocycles. The third kappa shape index (κ3) is 3.57. The van der Waals surface area contributed by atoms with Gasteiger partial charge in [-0.2, -0.15) is 0 Å². The van der Waals surface area contributed by atoms with Crippen LogP contribution >= 0.6 is 22.9 Å². The fraction of sp³-hybridized carbons (Fsp3) is 0.438. The predicted molar refractivity (Wildman–Crippen MR) is 90.4 cm³/mol. The molecule has 1 aromatic heterocycles. The van der Waals surface area contributed by atoms with E-state index in [0.29, 0.717) is 10.5 Å². The predicted octanol–water partition coefficient (Wildman–Crippen LogP) is 3.82. The molecule has 0 amide bonds. The first kappa shape index (κ1) is 14.8. The van der Waals surface area contributed by atoms with Crippen LogP contribution in [0.4, 0.5) is 5.69 Å². The van der Waals surface area contributed by atoms with E-state index in [2.05, 4.69) is 52.9 Å². The Morgan fingerprint density at radius 3 is 2.90 bits per heavy atom. The lowest BCUT2D eigenvalue weighted by atomic mass is 10.1. The van der Waals surface area contributed by atoms with E-state index in [1.54, 1.807) is 11.3 Å². The quantitative estimate of drug-likeness (QED) is 0.857. The Balaban J connectivity index is 1.64. The molecular formula is C16H20ClN3S. The minimum absolute atomic E-state index is 0.518. The molecule has 112 valence electrons. The molecule has 5 heteroatoms. The summed E-state index contributed by atoms with van der Waals surface area (Å²) >= 11 is 7.49. The molecule has 0 N–H and O–H groups in total. The second-order valence-electron chi connectivity index (χ2n) is 5.70. The van der Waals surface area contributed by atoms with Crippen molar-refractivity contribution in [3.8, 4) is 0 Å². The molecule has 2 heterocycles. The zero-order chi connectivity index (χ0) is 14.8. The SMILES string of the molecule is Cc1cccc(N2CCN(Cc3cnc(Cl)s3)C[C@@H]2C)c1. The van der Waals surface area contributed by atoms with E-state index in [1.807, 2.05) is 6.20 Å². The van der Waals surface area contributed by atoms with Gasteiger partial charge in [0, 0.05) is 49.0 Å². The van der Waals surface area contributed by atoms with Crippen LogP contribution in [0.2, 0.25) is 4.47 Å². The zero-order valence-corrected chi connectivity index (χ0v) is 14.0. The number of thiazole rings is 1. The maximum Gasteiger partial charge on any atom is 0.183 e. The maximum atomic E-state index is 5.91. The molecule has 0 bridgehead atoms. The average molecular weight is 322 g/mol. The molecule has 21 heavy (non-hydrogen) atoms. The van der Waals surface area contributed by atoms with Gasteiger partial charge in [0.15, 0.2) is 4.47 Å². The van der Waals surface area contributed by atoms with Crippen LogP contribution in [0.3, 0.4) is 0 Å². The minimum atomic E-state index is 0.518. The Morgan fingerprint density at radius 2 is 2.24 bits per heavy atom. The van der Waals surface area contributed by atoms with Gasteiger partial charge in [-0.15, -0.1) is 11.3 Å². The first-order valence-corrected chi connectivity index (χ1v) is 8.47. The second kappa shape index (κ2) is 6.34. The summed E-state index contributed by atoms with van der Waals surface area (Å²) in [7, 11) is 0. The van der Waals surface area contributed by atoms with Gasteiger partial charge in [0.2, 0.25) is 0 Å². The molecule has 0 saturated carbocycles. The third-order valence-corrected chi connectivity index (χ3v) is 5.05. The number of benzene rings is 1. The van der Waals surface area contributed by atoms with E-state index in [-0.39, 0.29) is 0 Å². The van der Waals surface area contributed by atoms with Crippen LogP contribution in [0.25, 0.3) is 0 Å². The lowest BCUT2D eigenvalue weighted by molar-refractivity contribution is 0.222. The number of halogens is 1. The normalized spacial score (nSPS) is 20.0. The highest BCUT2D eigenvalue weighted by Gasteiger charge is 2.24. The van der Waals surface area contributed by atoms with Gasteiger partial charge in [0.05, 0.1) is 0 Å². The van der Waals surface area contributed by atoms with E-state index < -0.39 is 0 Å². The van der Waals surface area contributed by atoms with Crippen LogP contribution in [-0.4, -0.2) is 35.6 Å². The highest BCUT2D eigenvalue weighted by molar-refractivity contribution is 7.15. The molecular weight excluding hydrogens is 302 g/mol. The highest BCUT2D eigenvalue weighted by Crippen LogP contribution is 2.24. The summed E-state index contributed by atoms with van der Waals surface area (Å²) in [6.07, 6.45) is 1.89. The van der Waals surface area contributed by atoms with Crippen LogP contribution in [0.15, 0.2) is 30.5 Å². The minimum Gasteiger partial charge on any atom is -0.366 e. The summed E-state index contributed by atoms with van der Waals surface area (Å²) in [5.74, 6) is 0. The van der Waals surface area contributed by atoms with Gasteiger partial charge >= 0.3 is 0 Å². The molecule has 0 spiro atoms. The van der Waals surface area contributed by atoms with Crippen LogP contribution in [-0.2, 0) is 6.54 Å². The van der Waals surface area contributed by atoms with E-state index >= 15 is 0 Å². The topological polar surface area (TPSA) is 19.4 Å². The molecule has 0 aliphatic carbocycles. The Kier molecular flexibility index (Phi) is 4.48. The number of hydrogen-bond donors (Lipinski definition) is 0. The largest absolute Gasteiger partial charge is 0.366 e. The number of piperazine rings is 1. The Bertz CT molecular complexity index is 613. The van der Waals surface area contributed by atoms with Crippen molar-refractivity contribution in [2.24, 2.45) is 0 Å². The van der Waals surface area contributed by atoms with E-state index in [4.69, 9.17) is 11.6 Å². The number of hydrogen-bond acceptors (Lipinski definition) is 4. The summed E-state index contributed by atoms with van der Waals surface area (Å²) in [6, 6.07) is 9.29. The third-order valence-electron chi connectivity index (χ3n) is 3.95. The lowest BCUT2D eigenvalue weighted by Crippen LogP contribution is -2.51. The number of anilines is 1. The Labute approximate surface area is 135 Å². The van der Waals surface area contributed by atoms with E-state index in [0.717, 1.165) is 26.2 Å². The summed E-state index contributed by atoms with van der Waals surface area (Å²) in [6.45, 7) is 8.62. The summed E-state index contributed by atoms with van der Waals surface area (Å²) in [4.78, 5) is 10.4. The van der Waals surface area contributed by atoms with E-state index in [9.17, 15) is 0 Å². The van der Waals surface area contributed by atoms with Crippen LogP contribution in [0.1, 0.15) is 17.4 Å². The number of rotatable bonds is 3. The average Bonchev–Trinajstić information content (AvgIpc) is 2.84. The molecule has 1 aliphatic heterocycles. The molecule has 2 aromatic rings. The summed E-state index contributed by atoms with van der Waals surface area (Å²) < 4.78 is 0.636. The van der Waals surface area contributed by atoms with Crippen molar-refractivity contribution in [2.75, 3.05) is 24.5 Å². The van der Waals surface area contributed by atoms with Crippen LogP contribution in [0.5, 0.6) is 0 Å². The van der Waals surface area contributed by atoms with Crippen molar-refractivity contribution >= 4 is 28.6 Å². The fourth-order valence-electron chi connectivity index (χ4n) is 2.94. The van der Waals surface area contributed by atoms with E-state index in [1.165, 1.54) is 16.1 Å². The first-order valence-electron chi connectivity index (χ1n) is 7.27. The van der Waals surface area contributed by atoms with Gasteiger partial charge in [-0.3, -0.25) is 4.90 Å². The monoisotopic (exact) mass is 321 g/mol. The molecule has 1 aliphatic rings. The van der Waals surface area contributed by atoms with Gasteiger partial charge in [-0.1, -0.05) is 23.7 Å². The van der Waals surface area contributed by atoms with Crippen molar-refractivity contribution < 1.29 is 0 Å². The molecule has 1 fully saturated rings. The van der Waals surface area contributed by atoms with Crippen molar-refractivity contribution in [1.82, 2.24) is 9.88 Å². The van der Waals surface area contributed by atoms with Gasteiger partial charge in [-0.05, 0) is 31.5 Å². The summed E-state index contributed by atoms with van der Waals surface area (Å²) in [5, 5.41) is 0. The summed E-state index contributed by atoms with van der Waals surface area (Å²) in [5.41, 5.74) is 2.66. The smallest absolute Gasteiger partial charge is 0.183 e. The zero-order valence-electron chi connectivity index (χ0n) is 12.4. The lowest BCUT2D eigenvalue weighted by Gasteiger charge is -2.41. The fourth-order valence-corrected chi connectivity index (χ4v) is 3.96. The number of nitrogens with zero attached hydrogens (tertiary/aromatic N) is 3. The molecule has 1 atom stereocenters. The first-order chi connectivity index (χ1) is 10.1. The van der Waals surface area contributed by atoms with Crippen LogP contribution < -0.4 is 4.90 Å². The Hall–Kier alpha value is -1.10. The Morgan fingerprint density at radius 1 is 1.38 bits per heavy atom. The van der Waals surface area contributed by atoms with Crippen LogP contribution in [0, 0.1) is 6.92 Å². The molecule has 0 radical (unpaired) electrons. The molecule has 1 aromatic carbocycles. The molecule has 0 unspecified atom stereocenters. The second-order valence-corrected chi connectivity index (χ2v) is 7.39. The highest BCUT2D eigenvalue weighted by atomic mass is 35.5. The number of aryl methyl sites for hydroxylation is 1. The van der Waals surface area contributed by atoms with Gasteiger partial charge in [0.1, 0.15) is 0 Å². The van der Waals surface area contributed by atoms with Gasteiger partial charge in [-0.25, -0.2) is 4.98 Å². The molecule has 3 rings (SSSR count). The van der Waals surface area contributed by atoms with Crippen molar-refractivity contribution in [1.29, 1.82) is 0 Å². The number of aromatic nitrogens is 1.